The first-order chi connectivity index (χ1) is 10.4. The van der Waals surface area contributed by atoms with Crippen molar-refractivity contribution in [1.82, 2.24) is 0 Å². The van der Waals surface area contributed by atoms with Crippen LogP contribution in [0.4, 0.5) is 10.5 Å². The number of hydrogen-bond donors (Lipinski definition) is 1. The van der Waals surface area contributed by atoms with E-state index in [0.29, 0.717) is 11.4 Å². The SMILES string of the molecule is CCOC(=O)Nc1cc(C(C)(C)C)ccc1OC(=O)C(C)(C)C. The van der Waals surface area contributed by atoms with E-state index in [2.05, 4.69) is 26.1 Å². The Kier molecular flexibility index (Phi) is 5.81. The molecular weight excluding hydrogens is 294 g/mol. The molecule has 0 heterocycles. The summed E-state index contributed by atoms with van der Waals surface area (Å²) in [4.78, 5) is 23.8. The van der Waals surface area contributed by atoms with Crippen molar-refractivity contribution in [3.8, 4) is 5.75 Å². The lowest BCUT2D eigenvalue weighted by Crippen LogP contribution is -2.26. The Labute approximate surface area is 138 Å². The van der Waals surface area contributed by atoms with Gasteiger partial charge in [0, 0.05) is 0 Å². The van der Waals surface area contributed by atoms with Crippen LogP contribution in [0.2, 0.25) is 0 Å². The molecule has 0 aliphatic carbocycles. The van der Waals surface area contributed by atoms with E-state index in [1.54, 1.807) is 33.8 Å². The quantitative estimate of drug-likeness (QED) is 0.657. The second-order valence-corrected chi connectivity index (χ2v) is 7.45. The van der Waals surface area contributed by atoms with Crippen LogP contribution >= 0.6 is 0 Å². The maximum atomic E-state index is 12.1. The second kappa shape index (κ2) is 7.02. The zero-order valence-electron chi connectivity index (χ0n) is 15.1. The van der Waals surface area contributed by atoms with E-state index in [4.69, 9.17) is 9.47 Å². The number of benzene rings is 1. The summed E-state index contributed by atoms with van der Waals surface area (Å²) in [6.45, 7) is 13.5. The number of esters is 1. The lowest BCUT2D eigenvalue weighted by molar-refractivity contribution is -0.142. The van der Waals surface area contributed by atoms with Crippen LogP contribution in [0.3, 0.4) is 0 Å². The molecule has 128 valence electrons. The molecule has 0 saturated carbocycles. The van der Waals surface area contributed by atoms with Gasteiger partial charge in [-0.1, -0.05) is 26.8 Å². The van der Waals surface area contributed by atoms with Crippen molar-refractivity contribution in [3.63, 3.8) is 0 Å². The zero-order chi connectivity index (χ0) is 17.8. The normalized spacial score (nSPS) is 11.8. The minimum Gasteiger partial charge on any atom is -0.450 e. The lowest BCUT2D eigenvalue weighted by atomic mass is 9.87. The maximum absolute atomic E-state index is 12.1. The van der Waals surface area contributed by atoms with Crippen molar-refractivity contribution < 1.29 is 19.1 Å². The molecule has 1 aromatic carbocycles. The Balaban J connectivity index is 3.18. The summed E-state index contributed by atoms with van der Waals surface area (Å²) in [7, 11) is 0. The number of amides is 1. The van der Waals surface area contributed by atoms with Crippen LogP contribution < -0.4 is 10.1 Å². The number of carbonyl (C=O) groups excluding carboxylic acids is 2. The molecular formula is C18H27NO4. The molecule has 0 radical (unpaired) electrons. The largest absolute Gasteiger partial charge is 0.450 e. The summed E-state index contributed by atoms with van der Waals surface area (Å²) < 4.78 is 10.4. The fourth-order valence-corrected chi connectivity index (χ4v) is 1.71. The van der Waals surface area contributed by atoms with Crippen molar-refractivity contribution >= 4 is 17.7 Å². The van der Waals surface area contributed by atoms with E-state index >= 15 is 0 Å². The van der Waals surface area contributed by atoms with Crippen LogP contribution in [0, 0.1) is 5.41 Å². The molecule has 0 bridgehead atoms. The van der Waals surface area contributed by atoms with Crippen LogP contribution in [0.5, 0.6) is 5.75 Å². The molecule has 0 aliphatic rings. The van der Waals surface area contributed by atoms with Gasteiger partial charge in [-0.25, -0.2) is 4.79 Å². The van der Waals surface area contributed by atoms with Crippen molar-refractivity contribution in [1.29, 1.82) is 0 Å². The van der Waals surface area contributed by atoms with Gasteiger partial charge in [-0.05, 0) is 50.8 Å². The predicted octanol–water partition coefficient (Wildman–Crippen LogP) is 4.50. The summed E-state index contributed by atoms with van der Waals surface area (Å²) >= 11 is 0. The highest BCUT2D eigenvalue weighted by Crippen LogP contribution is 2.33. The van der Waals surface area contributed by atoms with Crippen LogP contribution in [-0.4, -0.2) is 18.7 Å². The average molecular weight is 321 g/mol. The molecule has 0 atom stereocenters. The molecule has 0 fully saturated rings. The van der Waals surface area contributed by atoms with Crippen molar-refractivity contribution in [2.24, 2.45) is 5.41 Å². The maximum Gasteiger partial charge on any atom is 0.411 e. The Morgan fingerprint density at radius 3 is 2.17 bits per heavy atom. The Morgan fingerprint density at radius 1 is 1.09 bits per heavy atom. The van der Waals surface area contributed by atoms with Crippen LogP contribution in [0.25, 0.3) is 0 Å². The molecule has 0 unspecified atom stereocenters. The van der Waals surface area contributed by atoms with Gasteiger partial charge in [0.15, 0.2) is 5.75 Å². The van der Waals surface area contributed by atoms with Crippen molar-refractivity contribution in [2.75, 3.05) is 11.9 Å². The highest BCUT2D eigenvalue weighted by atomic mass is 16.6. The number of ether oxygens (including phenoxy) is 2. The molecule has 5 heteroatoms. The van der Waals surface area contributed by atoms with E-state index in [9.17, 15) is 9.59 Å². The molecule has 1 N–H and O–H groups in total. The summed E-state index contributed by atoms with van der Waals surface area (Å²) in [5.41, 5.74) is 0.704. The van der Waals surface area contributed by atoms with Gasteiger partial charge in [-0.3, -0.25) is 10.1 Å². The third-order valence-electron chi connectivity index (χ3n) is 3.17. The second-order valence-electron chi connectivity index (χ2n) is 7.45. The van der Waals surface area contributed by atoms with E-state index in [-0.39, 0.29) is 18.0 Å². The minimum atomic E-state index is -0.635. The van der Waals surface area contributed by atoms with Gasteiger partial charge in [0.05, 0.1) is 17.7 Å². The van der Waals surface area contributed by atoms with Gasteiger partial charge < -0.3 is 9.47 Å². The smallest absolute Gasteiger partial charge is 0.411 e. The number of hydrogen-bond acceptors (Lipinski definition) is 4. The van der Waals surface area contributed by atoms with E-state index in [1.165, 1.54) is 0 Å². The van der Waals surface area contributed by atoms with Gasteiger partial charge >= 0.3 is 12.1 Å². The summed E-state index contributed by atoms with van der Waals surface area (Å²) in [5, 5.41) is 2.64. The van der Waals surface area contributed by atoms with Crippen LogP contribution in [0.1, 0.15) is 54.0 Å². The Morgan fingerprint density at radius 2 is 1.70 bits per heavy atom. The van der Waals surface area contributed by atoms with E-state index < -0.39 is 11.5 Å². The standard InChI is InChI=1S/C18H27NO4/c1-8-22-16(21)19-13-11-12(17(2,3)4)9-10-14(13)23-15(20)18(5,6)7/h9-11H,8H2,1-7H3,(H,19,21). The van der Waals surface area contributed by atoms with Crippen LogP contribution in [-0.2, 0) is 14.9 Å². The van der Waals surface area contributed by atoms with Gasteiger partial charge in [0.25, 0.3) is 0 Å². The summed E-state index contributed by atoms with van der Waals surface area (Å²) in [6, 6.07) is 5.40. The fourth-order valence-electron chi connectivity index (χ4n) is 1.71. The molecule has 0 spiro atoms. The fraction of sp³-hybridized carbons (Fsp3) is 0.556. The Bertz CT molecular complexity index is 580. The first-order valence-corrected chi connectivity index (χ1v) is 7.75. The third kappa shape index (κ3) is 5.58. The average Bonchev–Trinajstić information content (AvgIpc) is 2.38. The molecule has 1 aromatic rings. The van der Waals surface area contributed by atoms with E-state index in [0.717, 1.165) is 5.56 Å². The molecule has 0 aromatic heterocycles. The first kappa shape index (κ1) is 19.0. The molecule has 0 aliphatic heterocycles. The highest BCUT2D eigenvalue weighted by Gasteiger charge is 2.26. The summed E-state index contributed by atoms with van der Waals surface area (Å²) in [5.74, 6) is -0.0566. The number of rotatable bonds is 3. The lowest BCUT2D eigenvalue weighted by Gasteiger charge is -2.22. The topological polar surface area (TPSA) is 64.6 Å². The molecule has 5 nitrogen and oxygen atoms in total. The highest BCUT2D eigenvalue weighted by molar-refractivity contribution is 5.88. The molecule has 23 heavy (non-hydrogen) atoms. The number of anilines is 1. The van der Waals surface area contributed by atoms with Crippen molar-refractivity contribution in [2.45, 2.75) is 53.9 Å². The predicted molar refractivity (Wildman–Crippen MR) is 90.9 cm³/mol. The number of carbonyl (C=O) groups is 2. The van der Waals surface area contributed by atoms with E-state index in [1.807, 2.05) is 12.1 Å². The van der Waals surface area contributed by atoms with Crippen molar-refractivity contribution in [3.05, 3.63) is 23.8 Å². The van der Waals surface area contributed by atoms with Gasteiger partial charge in [0.1, 0.15) is 0 Å². The van der Waals surface area contributed by atoms with Crippen LogP contribution in [0.15, 0.2) is 18.2 Å². The summed E-state index contributed by atoms with van der Waals surface area (Å²) in [6.07, 6.45) is -0.577. The Hall–Kier alpha value is -2.04. The first-order valence-electron chi connectivity index (χ1n) is 7.75. The third-order valence-corrected chi connectivity index (χ3v) is 3.17. The van der Waals surface area contributed by atoms with Gasteiger partial charge in [-0.2, -0.15) is 0 Å². The molecule has 1 amide bonds. The van der Waals surface area contributed by atoms with Gasteiger partial charge in [-0.15, -0.1) is 0 Å². The van der Waals surface area contributed by atoms with Gasteiger partial charge in [0.2, 0.25) is 0 Å². The molecule has 1 rings (SSSR count). The zero-order valence-corrected chi connectivity index (χ0v) is 15.1. The monoisotopic (exact) mass is 321 g/mol. The number of nitrogens with one attached hydrogen (secondary N) is 1. The molecule has 0 saturated heterocycles. The minimum absolute atomic E-state index is 0.0995.